The van der Waals surface area contributed by atoms with E-state index in [2.05, 4.69) is 10.0 Å². The molecule has 146 valence electrons. The lowest BCUT2D eigenvalue weighted by Gasteiger charge is -2.12. The van der Waals surface area contributed by atoms with Crippen molar-refractivity contribution in [3.05, 3.63) is 54.1 Å². The number of nitrogens with zero attached hydrogens (tertiary/aromatic N) is 1. The largest absolute Gasteiger partial charge is 0.495 e. The summed E-state index contributed by atoms with van der Waals surface area (Å²) in [6.45, 7) is 1.11. The van der Waals surface area contributed by atoms with Crippen LogP contribution in [-0.2, 0) is 10.0 Å². The summed E-state index contributed by atoms with van der Waals surface area (Å²) >= 11 is 0. The molecule has 0 bridgehead atoms. The normalized spacial score (nSPS) is 11.4. The number of methoxy groups -OCH3 is 1. The fourth-order valence-corrected chi connectivity index (χ4v) is 3.55. The predicted molar refractivity (Wildman–Crippen MR) is 106 cm³/mol. The number of carbonyl (C=O) groups excluding carboxylic acids is 1. The smallest absolute Gasteiger partial charge is 0.255 e. The molecule has 0 saturated heterocycles. The Bertz CT molecular complexity index is 882. The van der Waals surface area contributed by atoms with E-state index in [1.807, 2.05) is 19.0 Å². The van der Waals surface area contributed by atoms with E-state index in [1.54, 1.807) is 36.4 Å². The van der Waals surface area contributed by atoms with Crippen LogP contribution < -0.4 is 14.8 Å². The summed E-state index contributed by atoms with van der Waals surface area (Å²) < 4.78 is 32.6. The van der Waals surface area contributed by atoms with Gasteiger partial charge < -0.3 is 15.0 Å². The Kier molecular flexibility index (Phi) is 7.35. The molecule has 2 aromatic rings. The van der Waals surface area contributed by atoms with Crippen molar-refractivity contribution in [2.75, 3.05) is 39.6 Å². The molecule has 0 aromatic heterocycles. The first-order valence-electron chi connectivity index (χ1n) is 8.52. The second-order valence-electron chi connectivity index (χ2n) is 6.24. The average Bonchev–Trinajstić information content (AvgIpc) is 2.65. The van der Waals surface area contributed by atoms with E-state index < -0.39 is 15.9 Å². The van der Waals surface area contributed by atoms with Gasteiger partial charge >= 0.3 is 0 Å². The molecular weight excluding hydrogens is 366 g/mol. The van der Waals surface area contributed by atoms with Crippen molar-refractivity contribution in [1.82, 2.24) is 9.62 Å². The van der Waals surface area contributed by atoms with Gasteiger partial charge in [0.15, 0.2) is 0 Å². The minimum Gasteiger partial charge on any atom is -0.495 e. The van der Waals surface area contributed by atoms with Crippen LogP contribution in [0.25, 0.3) is 0 Å². The van der Waals surface area contributed by atoms with E-state index in [0.717, 1.165) is 6.54 Å². The summed E-state index contributed by atoms with van der Waals surface area (Å²) in [5.41, 5.74) is 0.761. The fraction of sp³-hybridized carbons (Fsp3) is 0.316. The third-order valence-electron chi connectivity index (χ3n) is 3.84. The van der Waals surface area contributed by atoms with Crippen molar-refractivity contribution >= 4 is 21.6 Å². The molecule has 2 aromatic carbocycles. The summed E-state index contributed by atoms with van der Waals surface area (Å²) in [6.07, 6.45) is 0.695. The van der Waals surface area contributed by atoms with Gasteiger partial charge in [-0.15, -0.1) is 0 Å². The quantitative estimate of drug-likeness (QED) is 0.640. The van der Waals surface area contributed by atoms with Gasteiger partial charge in [0.2, 0.25) is 10.0 Å². The van der Waals surface area contributed by atoms with Gasteiger partial charge in [0.05, 0.1) is 17.7 Å². The maximum absolute atomic E-state index is 12.5. The van der Waals surface area contributed by atoms with Gasteiger partial charge in [-0.1, -0.05) is 18.2 Å². The Morgan fingerprint density at radius 3 is 2.56 bits per heavy atom. The third-order valence-corrected chi connectivity index (χ3v) is 5.29. The highest BCUT2D eigenvalue weighted by molar-refractivity contribution is 7.89. The Morgan fingerprint density at radius 1 is 1.11 bits per heavy atom. The molecule has 8 heteroatoms. The molecule has 7 nitrogen and oxygen atoms in total. The van der Waals surface area contributed by atoms with Gasteiger partial charge in [0.1, 0.15) is 5.75 Å². The van der Waals surface area contributed by atoms with Crippen LogP contribution in [0.2, 0.25) is 0 Å². The highest BCUT2D eigenvalue weighted by Gasteiger charge is 2.16. The number of hydrogen-bond donors (Lipinski definition) is 2. The van der Waals surface area contributed by atoms with E-state index in [-0.39, 0.29) is 10.5 Å². The zero-order valence-electron chi connectivity index (χ0n) is 15.7. The SMILES string of the molecule is COc1ccccc1NC(=O)c1cccc(S(=O)(=O)NCCCN(C)C)c1. The minimum atomic E-state index is -3.67. The summed E-state index contributed by atoms with van der Waals surface area (Å²) in [6, 6.07) is 13.0. The van der Waals surface area contributed by atoms with Gasteiger partial charge in [-0.25, -0.2) is 13.1 Å². The van der Waals surface area contributed by atoms with E-state index in [1.165, 1.54) is 19.2 Å². The molecule has 0 aliphatic rings. The van der Waals surface area contributed by atoms with Crippen LogP contribution >= 0.6 is 0 Å². The maximum atomic E-state index is 12.5. The van der Waals surface area contributed by atoms with Gasteiger partial charge in [0, 0.05) is 12.1 Å². The Hall–Kier alpha value is -2.42. The summed E-state index contributed by atoms with van der Waals surface area (Å²) in [5.74, 6) is 0.112. The molecule has 0 aliphatic carbocycles. The van der Waals surface area contributed by atoms with E-state index in [0.29, 0.717) is 24.4 Å². The number of sulfonamides is 1. The molecule has 0 aliphatic heterocycles. The number of rotatable bonds is 9. The van der Waals surface area contributed by atoms with E-state index in [4.69, 9.17) is 4.74 Å². The zero-order chi connectivity index (χ0) is 19.9. The molecule has 27 heavy (non-hydrogen) atoms. The number of carbonyl (C=O) groups is 1. The van der Waals surface area contributed by atoms with Crippen molar-refractivity contribution in [2.45, 2.75) is 11.3 Å². The monoisotopic (exact) mass is 391 g/mol. The van der Waals surface area contributed by atoms with Crippen molar-refractivity contribution in [1.29, 1.82) is 0 Å². The minimum absolute atomic E-state index is 0.0556. The van der Waals surface area contributed by atoms with E-state index in [9.17, 15) is 13.2 Å². The molecule has 0 atom stereocenters. The number of para-hydroxylation sites is 2. The van der Waals surface area contributed by atoms with Crippen LogP contribution in [0.1, 0.15) is 16.8 Å². The van der Waals surface area contributed by atoms with Gasteiger partial charge in [-0.3, -0.25) is 4.79 Å². The number of hydrogen-bond acceptors (Lipinski definition) is 5. The third kappa shape index (κ3) is 6.06. The molecule has 1 amide bonds. The van der Waals surface area contributed by atoms with E-state index >= 15 is 0 Å². The number of benzene rings is 2. The molecule has 0 radical (unpaired) electrons. The lowest BCUT2D eigenvalue weighted by Crippen LogP contribution is -2.27. The molecule has 0 saturated carbocycles. The molecule has 2 N–H and O–H groups in total. The van der Waals surface area contributed by atoms with Gasteiger partial charge in [-0.2, -0.15) is 0 Å². The summed E-state index contributed by atoms with van der Waals surface area (Å²) in [4.78, 5) is 14.5. The first-order valence-corrected chi connectivity index (χ1v) is 10.0. The second-order valence-corrected chi connectivity index (χ2v) is 8.00. The van der Waals surface area contributed by atoms with Crippen molar-refractivity contribution in [3.63, 3.8) is 0 Å². The number of amides is 1. The average molecular weight is 391 g/mol. The first kappa shape index (κ1) is 20.9. The highest BCUT2D eigenvalue weighted by Crippen LogP contribution is 2.24. The van der Waals surface area contributed by atoms with Crippen LogP contribution in [-0.4, -0.2) is 53.5 Å². The first-order chi connectivity index (χ1) is 12.8. The Balaban J connectivity index is 2.10. The number of anilines is 1. The fourth-order valence-electron chi connectivity index (χ4n) is 2.43. The topological polar surface area (TPSA) is 87.7 Å². The van der Waals surface area contributed by atoms with Crippen LogP contribution in [0, 0.1) is 0 Å². The number of nitrogens with one attached hydrogen (secondary N) is 2. The summed E-state index contributed by atoms with van der Waals surface area (Å²) in [7, 11) is 1.70. The van der Waals surface area contributed by atoms with Crippen LogP contribution in [0.5, 0.6) is 5.75 Å². The van der Waals surface area contributed by atoms with Crippen molar-refractivity contribution in [3.8, 4) is 5.75 Å². The molecule has 0 heterocycles. The van der Waals surface area contributed by atoms with Gasteiger partial charge in [0.25, 0.3) is 5.91 Å². The van der Waals surface area contributed by atoms with Crippen molar-refractivity contribution in [2.24, 2.45) is 0 Å². The predicted octanol–water partition coefficient (Wildman–Crippen LogP) is 2.18. The molecule has 0 fully saturated rings. The van der Waals surface area contributed by atoms with Crippen LogP contribution in [0.3, 0.4) is 0 Å². The molecular formula is C19H25N3O4S. The Labute approximate surface area is 160 Å². The maximum Gasteiger partial charge on any atom is 0.255 e. The molecule has 0 spiro atoms. The lowest BCUT2D eigenvalue weighted by molar-refractivity contribution is 0.102. The molecule has 2 rings (SSSR count). The second kappa shape index (κ2) is 9.50. The van der Waals surface area contributed by atoms with Crippen LogP contribution in [0.15, 0.2) is 53.4 Å². The zero-order valence-corrected chi connectivity index (χ0v) is 16.5. The number of ether oxygens (including phenoxy) is 1. The lowest BCUT2D eigenvalue weighted by atomic mass is 10.2. The van der Waals surface area contributed by atoms with Crippen molar-refractivity contribution < 1.29 is 17.9 Å². The standard InChI is InChI=1S/C19H25N3O4S/c1-22(2)13-7-12-20-27(24,25)16-9-6-8-15(14-16)19(23)21-17-10-4-5-11-18(17)26-3/h4-6,8-11,14,20H,7,12-13H2,1-3H3,(H,21,23). The van der Waals surface area contributed by atoms with Crippen LogP contribution in [0.4, 0.5) is 5.69 Å². The summed E-state index contributed by atoms with van der Waals surface area (Å²) in [5, 5.41) is 2.74. The Morgan fingerprint density at radius 2 is 1.85 bits per heavy atom. The van der Waals surface area contributed by atoms with Gasteiger partial charge in [-0.05, 0) is 57.4 Å². The highest BCUT2D eigenvalue weighted by atomic mass is 32.2. The molecule has 0 unspecified atom stereocenters.